The molecule has 1 aliphatic heterocycles. The molecule has 168 valence electrons. The van der Waals surface area contributed by atoms with E-state index in [4.69, 9.17) is 21.1 Å². The first-order valence-electron chi connectivity index (χ1n) is 9.91. The van der Waals surface area contributed by atoms with Crippen LogP contribution in [-0.2, 0) is 14.8 Å². The van der Waals surface area contributed by atoms with Gasteiger partial charge in [0.1, 0.15) is 11.5 Å². The molecule has 0 unspecified atom stereocenters. The van der Waals surface area contributed by atoms with Crippen molar-refractivity contribution in [2.45, 2.75) is 11.8 Å². The zero-order chi connectivity index (χ0) is 22.4. The van der Waals surface area contributed by atoms with Crippen molar-refractivity contribution in [2.24, 2.45) is 0 Å². The third-order valence-corrected chi connectivity index (χ3v) is 6.77. The number of amides is 1. The highest BCUT2D eigenvalue weighted by molar-refractivity contribution is 7.92. The number of carbonyl (C=O) groups is 1. The summed E-state index contributed by atoms with van der Waals surface area (Å²) in [5, 5.41) is 0.298. The summed E-state index contributed by atoms with van der Waals surface area (Å²) in [5.74, 6) is 0.797. The fraction of sp³-hybridized carbons (Fsp3) is 0.381. The Morgan fingerprint density at radius 2 is 1.77 bits per heavy atom. The van der Waals surface area contributed by atoms with Gasteiger partial charge in [-0.15, -0.1) is 0 Å². The lowest BCUT2D eigenvalue weighted by Gasteiger charge is -2.33. The number of sulfonamides is 1. The summed E-state index contributed by atoms with van der Waals surface area (Å²) < 4.78 is 38.3. The molecule has 31 heavy (non-hydrogen) atoms. The van der Waals surface area contributed by atoms with Crippen LogP contribution in [0, 0.1) is 0 Å². The molecule has 1 N–H and O–H groups in total. The molecule has 2 aromatic carbocycles. The number of likely N-dealkylation sites (N-methyl/N-ethyl adjacent to an activating group) is 1. The topological polar surface area (TPSA) is 88.2 Å². The fourth-order valence-corrected chi connectivity index (χ4v) is 4.52. The van der Waals surface area contributed by atoms with E-state index in [-0.39, 0.29) is 17.4 Å². The highest BCUT2D eigenvalue weighted by Crippen LogP contribution is 2.28. The van der Waals surface area contributed by atoms with E-state index >= 15 is 0 Å². The number of nitrogens with one attached hydrogen (secondary N) is 1. The van der Waals surface area contributed by atoms with Gasteiger partial charge in [0.05, 0.1) is 22.7 Å². The van der Waals surface area contributed by atoms with E-state index in [1.807, 2.05) is 0 Å². The van der Waals surface area contributed by atoms with Gasteiger partial charge >= 0.3 is 0 Å². The number of nitrogens with zero attached hydrogens (tertiary/aromatic N) is 2. The number of halogens is 1. The van der Waals surface area contributed by atoms with Gasteiger partial charge < -0.3 is 19.3 Å². The number of piperazine rings is 1. The maximum atomic E-state index is 12.6. The van der Waals surface area contributed by atoms with Crippen LogP contribution in [0.25, 0.3) is 0 Å². The zero-order valence-corrected chi connectivity index (χ0v) is 19.1. The third kappa shape index (κ3) is 6.03. The van der Waals surface area contributed by atoms with Crippen LogP contribution < -0.4 is 14.2 Å². The molecule has 1 aliphatic rings. The number of hydrogen-bond acceptors (Lipinski definition) is 6. The Labute approximate surface area is 187 Å². The molecular weight excluding hydrogens is 442 g/mol. The molecule has 0 bridgehead atoms. The molecule has 8 nitrogen and oxygen atoms in total. The van der Waals surface area contributed by atoms with Gasteiger partial charge in [-0.2, -0.15) is 0 Å². The normalized spacial score (nSPS) is 14.9. The van der Waals surface area contributed by atoms with E-state index in [1.54, 1.807) is 17.0 Å². The lowest BCUT2D eigenvalue weighted by Crippen LogP contribution is -2.49. The van der Waals surface area contributed by atoms with Crippen molar-refractivity contribution in [3.05, 3.63) is 47.5 Å². The molecule has 0 spiro atoms. The monoisotopic (exact) mass is 467 g/mol. The molecule has 1 amide bonds. The Morgan fingerprint density at radius 1 is 1.10 bits per heavy atom. The van der Waals surface area contributed by atoms with Crippen molar-refractivity contribution in [3.8, 4) is 11.5 Å². The molecule has 2 aromatic rings. The third-order valence-electron chi connectivity index (χ3n) is 5.07. The van der Waals surface area contributed by atoms with Crippen molar-refractivity contribution in [3.63, 3.8) is 0 Å². The van der Waals surface area contributed by atoms with E-state index in [0.29, 0.717) is 35.3 Å². The minimum atomic E-state index is -3.81. The molecule has 10 heteroatoms. The number of methoxy groups -OCH3 is 1. The van der Waals surface area contributed by atoms with E-state index in [9.17, 15) is 13.2 Å². The molecule has 3 rings (SSSR count). The van der Waals surface area contributed by atoms with Crippen LogP contribution in [0.4, 0.5) is 5.69 Å². The largest absolute Gasteiger partial charge is 0.495 e. The zero-order valence-electron chi connectivity index (χ0n) is 17.5. The van der Waals surface area contributed by atoms with Gasteiger partial charge in [-0.3, -0.25) is 9.52 Å². The molecule has 0 radical (unpaired) electrons. The maximum absolute atomic E-state index is 12.6. The van der Waals surface area contributed by atoms with Gasteiger partial charge in [0.2, 0.25) is 0 Å². The summed E-state index contributed by atoms with van der Waals surface area (Å²) in [5.41, 5.74) is 0.319. The van der Waals surface area contributed by atoms with Crippen molar-refractivity contribution in [2.75, 3.05) is 51.2 Å². The number of anilines is 1. The summed E-state index contributed by atoms with van der Waals surface area (Å²) in [4.78, 5) is 16.5. The van der Waals surface area contributed by atoms with Gasteiger partial charge in [0.15, 0.2) is 6.61 Å². The number of ether oxygens (including phenoxy) is 2. The predicted molar refractivity (Wildman–Crippen MR) is 119 cm³/mol. The molecule has 1 saturated heterocycles. The van der Waals surface area contributed by atoms with Crippen LogP contribution in [0.2, 0.25) is 5.02 Å². The standard InChI is InChI=1S/C21H26ClN3O5S/c1-3-24-10-12-25(13-11-24)21(26)15-30-17-5-7-18(8-6-17)31(27,28)23-16-4-9-20(29-2)19(22)14-16/h4-9,14,23H,3,10-13,15H2,1-2H3. The Morgan fingerprint density at radius 3 is 2.35 bits per heavy atom. The van der Waals surface area contributed by atoms with Crippen molar-refractivity contribution >= 4 is 33.2 Å². The van der Waals surface area contributed by atoms with Crippen LogP contribution in [0.3, 0.4) is 0 Å². The average Bonchev–Trinajstić information content (AvgIpc) is 2.77. The number of hydrogen-bond donors (Lipinski definition) is 1. The number of benzene rings is 2. The van der Waals surface area contributed by atoms with Crippen molar-refractivity contribution in [1.29, 1.82) is 0 Å². The van der Waals surface area contributed by atoms with Gasteiger partial charge in [0.25, 0.3) is 15.9 Å². The minimum Gasteiger partial charge on any atom is -0.495 e. The van der Waals surface area contributed by atoms with Crippen LogP contribution >= 0.6 is 11.6 Å². The summed E-state index contributed by atoms with van der Waals surface area (Å²) in [7, 11) is -2.33. The predicted octanol–water partition coefficient (Wildman–Crippen LogP) is 2.69. The molecule has 0 aliphatic carbocycles. The summed E-state index contributed by atoms with van der Waals surface area (Å²) in [6, 6.07) is 10.5. The Bertz CT molecular complexity index is 1010. The first-order chi connectivity index (χ1) is 14.8. The molecule has 1 heterocycles. The summed E-state index contributed by atoms with van der Waals surface area (Å²) in [6.07, 6.45) is 0. The molecule has 0 atom stereocenters. The molecule has 0 aromatic heterocycles. The Kier molecular flexibility index (Phi) is 7.64. The summed E-state index contributed by atoms with van der Waals surface area (Å²) in [6.45, 7) is 6.10. The van der Waals surface area contributed by atoms with E-state index in [1.165, 1.54) is 37.4 Å². The second-order valence-corrected chi connectivity index (χ2v) is 9.12. The SMILES string of the molecule is CCN1CCN(C(=O)COc2ccc(S(=O)(=O)Nc3ccc(OC)c(Cl)c3)cc2)CC1. The average molecular weight is 468 g/mol. The first kappa shape index (κ1) is 23.2. The number of rotatable bonds is 8. The highest BCUT2D eigenvalue weighted by atomic mass is 35.5. The molecule has 0 saturated carbocycles. The Balaban J connectivity index is 1.56. The Hall–Kier alpha value is -2.49. The number of carbonyl (C=O) groups excluding carboxylic acids is 1. The van der Waals surface area contributed by atoms with Gasteiger partial charge in [-0.05, 0) is 49.0 Å². The second-order valence-electron chi connectivity index (χ2n) is 7.03. The molecule has 1 fully saturated rings. The smallest absolute Gasteiger partial charge is 0.261 e. The lowest BCUT2D eigenvalue weighted by atomic mass is 10.3. The quantitative estimate of drug-likeness (QED) is 0.642. The van der Waals surface area contributed by atoms with Crippen molar-refractivity contribution in [1.82, 2.24) is 9.80 Å². The lowest BCUT2D eigenvalue weighted by molar-refractivity contribution is -0.135. The molecular formula is C21H26ClN3O5S. The van der Waals surface area contributed by atoms with Crippen LogP contribution in [0.1, 0.15) is 6.92 Å². The highest BCUT2D eigenvalue weighted by Gasteiger charge is 2.20. The van der Waals surface area contributed by atoms with Gasteiger partial charge in [-0.25, -0.2) is 8.42 Å². The van der Waals surface area contributed by atoms with Crippen molar-refractivity contribution < 1.29 is 22.7 Å². The van der Waals surface area contributed by atoms with Crippen LogP contribution in [0.5, 0.6) is 11.5 Å². The maximum Gasteiger partial charge on any atom is 0.261 e. The fourth-order valence-electron chi connectivity index (χ4n) is 3.21. The van der Waals surface area contributed by atoms with Gasteiger partial charge in [-0.1, -0.05) is 18.5 Å². The van der Waals surface area contributed by atoms with E-state index < -0.39 is 10.0 Å². The van der Waals surface area contributed by atoms with E-state index in [2.05, 4.69) is 16.5 Å². The first-order valence-corrected chi connectivity index (χ1v) is 11.8. The minimum absolute atomic E-state index is 0.0637. The van der Waals surface area contributed by atoms with Crippen LogP contribution in [-0.4, -0.2) is 70.6 Å². The van der Waals surface area contributed by atoms with Crippen LogP contribution in [0.15, 0.2) is 47.4 Å². The van der Waals surface area contributed by atoms with Gasteiger partial charge in [0, 0.05) is 26.2 Å². The second kappa shape index (κ2) is 10.2. The van der Waals surface area contributed by atoms with E-state index in [0.717, 1.165) is 19.6 Å². The summed E-state index contributed by atoms with van der Waals surface area (Å²) >= 11 is 6.05.